The molecule has 0 saturated heterocycles. The number of allylic oxidation sites excluding steroid dienone is 2. The summed E-state index contributed by atoms with van der Waals surface area (Å²) in [6.07, 6.45) is 2.96. The van der Waals surface area contributed by atoms with Crippen molar-refractivity contribution in [2.45, 2.75) is 26.7 Å². The second-order valence-electron chi connectivity index (χ2n) is 3.86. The quantitative estimate of drug-likeness (QED) is 0.480. The minimum atomic E-state index is -0.288. The van der Waals surface area contributed by atoms with E-state index < -0.39 is 0 Å². The highest BCUT2D eigenvalue weighted by Gasteiger charge is 2.11. The van der Waals surface area contributed by atoms with Gasteiger partial charge in [0.2, 0.25) is 0 Å². The number of carbonyl (C=O) groups is 1. The maximum Gasteiger partial charge on any atom is 0.250 e. The van der Waals surface area contributed by atoms with E-state index in [2.05, 4.69) is 0 Å². The molecule has 3 nitrogen and oxygen atoms in total. The molecule has 1 amide bonds. The van der Waals surface area contributed by atoms with Gasteiger partial charge in [0, 0.05) is 6.42 Å². The summed E-state index contributed by atoms with van der Waals surface area (Å²) in [5.41, 5.74) is 1.68. The number of benzene rings is 1. The zero-order valence-electron chi connectivity index (χ0n) is 9.68. The molecular formula is C13H17NO2. The lowest BCUT2D eigenvalue weighted by Gasteiger charge is -2.14. The first kappa shape index (κ1) is 12.5. The van der Waals surface area contributed by atoms with Gasteiger partial charge in [-0.25, -0.2) is 0 Å². The summed E-state index contributed by atoms with van der Waals surface area (Å²) >= 11 is 0. The van der Waals surface area contributed by atoms with Crippen molar-refractivity contribution in [1.82, 2.24) is 0 Å². The van der Waals surface area contributed by atoms with Crippen LogP contribution in [0.3, 0.4) is 0 Å². The fourth-order valence-corrected chi connectivity index (χ4v) is 1.30. The van der Waals surface area contributed by atoms with Crippen LogP contribution in [-0.2, 0) is 4.79 Å². The van der Waals surface area contributed by atoms with Crippen LogP contribution < -0.4 is 5.06 Å². The number of hydrogen-bond acceptors (Lipinski definition) is 2. The number of amides is 1. The molecule has 0 aromatic heterocycles. The molecule has 1 N–H and O–H groups in total. The summed E-state index contributed by atoms with van der Waals surface area (Å²) in [5, 5.41) is 10.3. The van der Waals surface area contributed by atoms with Crippen LogP contribution in [0.1, 0.15) is 26.7 Å². The van der Waals surface area contributed by atoms with Gasteiger partial charge in [0.25, 0.3) is 5.91 Å². The van der Waals surface area contributed by atoms with Crippen LogP contribution >= 0.6 is 0 Å². The lowest BCUT2D eigenvalue weighted by atomic mass is 10.2. The number of carbonyl (C=O) groups excluding carboxylic acids is 1. The highest BCUT2D eigenvalue weighted by atomic mass is 16.5. The van der Waals surface area contributed by atoms with Crippen molar-refractivity contribution >= 4 is 11.6 Å². The second-order valence-corrected chi connectivity index (χ2v) is 3.86. The number of rotatable bonds is 4. The Labute approximate surface area is 96.0 Å². The summed E-state index contributed by atoms with van der Waals surface area (Å²) in [6, 6.07) is 8.78. The number of anilines is 1. The Hall–Kier alpha value is -1.61. The van der Waals surface area contributed by atoms with Crippen molar-refractivity contribution in [3.63, 3.8) is 0 Å². The van der Waals surface area contributed by atoms with E-state index >= 15 is 0 Å². The SMILES string of the molecule is CC(C)=CCCC(=O)N(O)c1ccccc1. The van der Waals surface area contributed by atoms with Crippen LogP contribution in [0.4, 0.5) is 5.69 Å². The average Bonchev–Trinajstić information content (AvgIpc) is 2.28. The molecule has 86 valence electrons. The van der Waals surface area contributed by atoms with Crippen LogP contribution in [0.5, 0.6) is 0 Å². The zero-order chi connectivity index (χ0) is 12.0. The van der Waals surface area contributed by atoms with Gasteiger partial charge < -0.3 is 0 Å². The van der Waals surface area contributed by atoms with E-state index in [0.29, 0.717) is 23.6 Å². The molecule has 1 rings (SSSR count). The van der Waals surface area contributed by atoms with Gasteiger partial charge in [-0.1, -0.05) is 29.8 Å². The highest BCUT2D eigenvalue weighted by molar-refractivity contribution is 5.90. The van der Waals surface area contributed by atoms with Gasteiger partial charge in [-0.3, -0.25) is 10.0 Å². The molecule has 3 heteroatoms. The van der Waals surface area contributed by atoms with Crippen molar-refractivity contribution in [2.24, 2.45) is 0 Å². The minimum Gasteiger partial charge on any atom is -0.281 e. The molecule has 0 bridgehead atoms. The fourth-order valence-electron chi connectivity index (χ4n) is 1.30. The number of hydrogen-bond donors (Lipinski definition) is 1. The van der Waals surface area contributed by atoms with Gasteiger partial charge in [-0.15, -0.1) is 0 Å². The van der Waals surface area contributed by atoms with Gasteiger partial charge in [0.05, 0.1) is 5.69 Å². The number of hydroxylamine groups is 1. The second kappa shape index (κ2) is 6.08. The van der Waals surface area contributed by atoms with E-state index in [-0.39, 0.29) is 5.91 Å². The van der Waals surface area contributed by atoms with Crippen LogP contribution in [-0.4, -0.2) is 11.1 Å². The molecular weight excluding hydrogens is 202 g/mol. The molecule has 0 radical (unpaired) electrons. The average molecular weight is 219 g/mol. The van der Waals surface area contributed by atoms with Crippen molar-refractivity contribution in [1.29, 1.82) is 0 Å². The zero-order valence-corrected chi connectivity index (χ0v) is 9.68. The lowest BCUT2D eigenvalue weighted by molar-refractivity contribution is -0.123. The van der Waals surface area contributed by atoms with Gasteiger partial charge in [-0.2, -0.15) is 5.06 Å². The summed E-state index contributed by atoms with van der Waals surface area (Å²) in [6.45, 7) is 3.97. The molecule has 0 atom stereocenters. The Morgan fingerprint density at radius 2 is 1.94 bits per heavy atom. The molecule has 0 aliphatic carbocycles. The van der Waals surface area contributed by atoms with Crippen LogP contribution in [0, 0.1) is 0 Å². The molecule has 16 heavy (non-hydrogen) atoms. The van der Waals surface area contributed by atoms with E-state index in [1.807, 2.05) is 26.0 Å². The monoisotopic (exact) mass is 219 g/mol. The van der Waals surface area contributed by atoms with Gasteiger partial charge in [0.1, 0.15) is 0 Å². The lowest BCUT2D eigenvalue weighted by Crippen LogP contribution is -2.26. The summed E-state index contributed by atoms with van der Waals surface area (Å²) in [4.78, 5) is 11.6. The molecule has 0 heterocycles. The van der Waals surface area contributed by atoms with E-state index in [1.165, 1.54) is 5.57 Å². The predicted octanol–water partition coefficient (Wildman–Crippen LogP) is 3.16. The van der Waals surface area contributed by atoms with Crippen molar-refractivity contribution < 1.29 is 10.0 Å². The van der Waals surface area contributed by atoms with Gasteiger partial charge >= 0.3 is 0 Å². The predicted molar refractivity (Wildman–Crippen MR) is 64.4 cm³/mol. The molecule has 0 spiro atoms. The summed E-state index contributed by atoms with van der Waals surface area (Å²) in [5.74, 6) is -0.288. The largest absolute Gasteiger partial charge is 0.281 e. The molecule has 0 aliphatic rings. The Morgan fingerprint density at radius 1 is 1.31 bits per heavy atom. The summed E-state index contributed by atoms with van der Waals surface area (Å²) in [7, 11) is 0. The molecule has 0 aliphatic heterocycles. The molecule has 0 unspecified atom stereocenters. The van der Waals surface area contributed by atoms with E-state index in [1.54, 1.807) is 24.3 Å². The van der Waals surface area contributed by atoms with Gasteiger partial charge in [-0.05, 0) is 32.4 Å². The van der Waals surface area contributed by atoms with E-state index in [9.17, 15) is 10.0 Å². The van der Waals surface area contributed by atoms with Crippen LogP contribution in [0.25, 0.3) is 0 Å². The van der Waals surface area contributed by atoms with Gasteiger partial charge in [0.15, 0.2) is 0 Å². The van der Waals surface area contributed by atoms with Crippen LogP contribution in [0.15, 0.2) is 42.0 Å². The Morgan fingerprint density at radius 3 is 2.50 bits per heavy atom. The Bertz CT molecular complexity index is 367. The third kappa shape index (κ3) is 3.87. The maximum absolute atomic E-state index is 11.6. The topological polar surface area (TPSA) is 40.5 Å². The standard InChI is InChI=1S/C13H17NO2/c1-11(2)7-6-10-13(15)14(16)12-8-4-3-5-9-12/h3-5,7-9,16H,6,10H2,1-2H3. The normalized spacial score (nSPS) is 9.69. The van der Waals surface area contributed by atoms with E-state index in [4.69, 9.17) is 0 Å². The fraction of sp³-hybridized carbons (Fsp3) is 0.308. The molecule has 1 aromatic carbocycles. The van der Waals surface area contributed by atoms with Crippen LogP contribution in [0.2, 0.25) is 0 Å². The first-order chi connectivity index (χ1) is 7.61. The third-order valence-corrected chi connectivity index (χ3v) is 2.15. The van der Waals surface area contributed by atoms with Crippen molar-refractivity contribution in [3.8, 4) is 0 Å². The molecule has 1 aromatic rings. The van der Waals surface area contributed by atoms with Crippen molar-refractivity contribution in [2.75, 3.05) is 5.06 Å². The van der Waals surface area contributed by atoms with E-state index in [0.717, 1.165) is 0 Å². The summed E-state index contributed by atoms with van der Waals surface area (Å²) < 4.78 is 0. The Kier molecular flexibility index (Phi) is 4.73. The maximum atomic E-state index is 11.6. The third-order valence-electron chi connectivity index (χ3n) is 2.15. The first-order valence-electron chi connectivity index (χ1n) is 5.31. The molecule has 0 fully saturated rings. The highest BCUT2D eigenvalue weighted by Crippen LogP contribution is 2.12. The minimum absolute atomic E-state index is 0.288. The van der Waals surface area contributed by atoms with Crippen molar-refractivity contribution in [3.05, 3.63) is 42.0 Å². The smallest absolute Gasteiger partial charge is 0.250 e. The number of para-hydroxylation sites is 1. The first-order valence-corrected chi connectivity index (χ1v) is 5.31. The molecule has 0 saturated carbocycles. The number of nitrogens with zero attached hydrogens (tertiary/aromatic N) is 1. The Balaban J connectivity index is 2.52.